The summed E-state index contributed by atoms with van der Waals surface area (Å²) in [7, 11) is -2.44. The molecule has 0 unspecified atom stereocenters. The van der Waals surface area contributed by atoms with E-state index in [1.807, 2.05) is 0 Å². The zero-order valence-corrected chi connectivity index (χ0v) is 24.7. The molecule has 0 aliphatic carbocycles. The Morgan fingerprint density at radius 1 is 1.02 bits per heavy atom. The van der Waals surface area contributed by atoms with Crippen molar-refractivity contribution in [2.45, 2.75) is 25.3 Å². The first kappa shape index (κ1) is 29.7. The zero-order chi connectivity index (χ0) is 29.6. The molecule has 1 aromatic heterocycles. The van der Waals surface area contributed by atoms with Gasteiger partial charge in [0.05, 0.1) is 16.5 Å². The lowest BCUT2D eigenvalue weighted by atomic mass is 10.1. The predicted molar refractivity (Wildman–Crippen MR) is 158 cm³/mol. The number of aromatic nitrogens is 2. The molecule has 3 aromatic carbocycles. The molecule has 0 atom stereocenters. The van der Waals surface area contributed by atoms with Gasteiger partial charge >= 0.3 is 0 Å². The number of amides is 1. The fourth-order valence-corrected chi connectivity index (χ4v) is 5.28. The van der Waals surface area contributed by atoms with E-state index >= 15 is 0 Å². The molecule has 4 rings (SSSR count). The minimum Gasteiger partial charge on any atom is -0.493 e. The summed E-state index contributed by atoms with van der Waals surface area (Å²) in [5.74, 6) is -0.0262. The van der Waals surface area contributed by atoms with Crippen molar-refractivity contribution in [1.82, 2.24) is 9.97 Å². The average Bonchev–Trinajstić information content (AvgIpc) is 2.91. The number of sulfonamides is 1. The van der Waals surface area contributed by atoms with Gasteiger partial charge in [-0.15, -0.1) is 0 Å². The van der Waals surface area contributed by atoms with Gasteiger partial charge in [0.2, 0.25) is 11.9 Å². The van der Waals surface area contributed by atoms with Gasteiger partial charge in [0.25, 0.3) is 10.0 Å². The van der Waals surface area contributed by atoms with Crippen molar-refractivity contribution >= 4 is 49.6 Å². The summed E-state index contributed by atoms with van der Waals surface area (Å²) in [6.07, 6.45) is 2.90. The van der Waals surface area contributed by atoms with Crippen LogP contribution in [0.25, 0.3) is 6.08 Å². The predicted octanol–water partition coefficient (Wildman–Crippen LogP) is 6.04. The van der Waals surface area contributed by atoms with Gasteiger partial charge in [0.1, 0.15) is 12.4 Å². The Hall–Kier alpha value is -4.29. The van der Waals surface area contributed by atoms with Gasteiger partial charge < -0.3 is 14.8 Å². The van der Waals surface area contributed by atoms with Crippen molar-refractivity contribution in [3.05, 3.63) is 106 Å². The third-order valence-corrected chi connectivity index (χ3v) is 7.58. The number of ether oxygens (including phenoxy) is 2. The van der Waals surface area contributed by atoms with E-state index in [0.717, 1.165) is 0 Å². The SMILES string of the molecule is COc1cc(/C=C/C(=O)Nc2ccc(S(=O)(=O)Nc3nc(C)cc(C)n3)cc2)cc(Br)c1OCc1ccccc1F. The van der Waals surface area contributed by atoms with E-state index in [1.165, 1.54) is 43.5 Å². The van der Waals surface area contributed by atoms with Crippen molar-refractivity contribution in [3.8, 4) is 11.5 Å². The number of nitrogens with one attached hydrogen (secondary N) is 2. The van der Waals surface area contributed by atoms with Gasteiger partial charge in [-0.05, 0) is 89.9 Å². The van der Waals surface area contributed by atoms with Crippen LogP contribution in [0.5, 0.6) is 11.5 Å². The van der Waals surface area contributed by atoms with Crippen LogP contribution in [0.3, 0.4) is 0 Å². The summed E-state index contributed by atoms with van der Waals surface area (Å²) in [6.45, 7) is 3.50. The highest BCUT2D eigenvalue weighted by Gasteiger charge is 2.17. The molecule has 9 nitrogen and oxygen atoms in total. The molecule has 41 heavy (non-hydrogen) atoms. The summed E-state index contributed by atoms with van der Waals surface area (Å²) in [5.41, 5.74) is 2.71. The molecule has 1 amide bonds. The highest BCUT2D eigenvalue weighted by molar-refractivity contribution is 9.10. The van der Waals surface area contributed by atoms with E-state index in [-0.39, 0.29) is 23.3 Å². The molecule has 0 bridgehead atoms. The molecule has 0 fully saturated rings. The van der Waals surface area contributed by atoms with E-state index in [9.17, 15) is 17.6 Å². The molecule has 212 valence electrons. The molecular weight excluding hydrogens is 615 g/mol. The van der Waals surface area contributed by atoms with Crippen molar-refractivity contribution in [1.29, 1.82) is 0 Å². The Labute approximate surface area is 245 Å². The number of carbonyl (C=O) groups is 1. The maximum Gasteiger partial charge on any atom is 0.264 e. The van der Waals surface area contributed by atoms with Crippen LogP contribution in [-0.4, -0.2) is 31.4 Å². The number of hydrogen-bond acceptors (Lipinski definition) is 7. The topological polar surface area (TPSA) is 120 Å². The summed E-state index contributed by atoms with van der Waals surface area (Å²) in [4.78, 5) is 20.7. The van der Waals surface area contributed by atoms with E-state index in [0.29, 0.717) is 44.2 Å². The minimum atomic E-state index is -3.92. The Morgan fingerprint density at radius 2 is 1.71 bits per heavy atom. The lowest BCUT2D eigenvalue weighted by molar-refractivity contribution is -0.111. The highest BCUT2D eigenvalue weighted by atomic mass is 79.9. The van der Waals surface area contributed by atoms with E-state index < -0.39 is 15.9 Å². The lowest BCUT2D eigenvalue weighted by Crippen LogP contribution is -2.16. The molecule has 0 saturated heterocycles. The summed E-state index contributed by atoms with van der Waals surface area (Å²) < 4.78 is 53.5. The van der Waals surface area contributed by atoms with E-state index in [2.05, 4.69) is 35.9 Å². The molecule has 2 N–H and O–H groups in total. The van der Waals surface area contributed by atoms with Crippen LogP contribution in [0.1, 0.15) is 22.5 Å². The van der Waals surface area contributed by atoms with Gasteiger partial charge in [0, 0.05) is 28.7 Å². The minimum absolute atomic E-state index is 0.00868. The standard InChI is InChI=1S/C29H26BrFN4O5S/c1-18-14-19(2)33-29(32-18)35-41(37,38)23-11-9-22(10-12-23)34-27(36)13-8-20-15-24(30)28(26(16-20)39-3)40-17-21-6-4-5-7-25(21)31/h4-16H,17H2,1-3H3,(H,34,36)(H,32,33,35)/b13-8+. The first-order valence-electron chi connectivity index (χ1n) is 12.2. The van der Waals surface area contributed by atoms with Crippen LogP contribution < -0.4 is 19.5 Å². The van der Waals surface area contributed by atoms with Gasteiger partial charge in [-0.1, -0.05) is 18.2 Å². The maximum absolute atomic E-state index is 13.9. The number of methoxy groups -OCH3 is 1. The number of benzene rings is 3. The quantitative estimate of drug-likeness (QED) is 0.203. The number of halogens is 2. The third kappa shape index (κ3) is 7.89. The summed E-state index contributed by atoms with van der Waals surface area (Å²) in [5, 5.41) is 2.68. The molecule has 0 saturated carbocycles. The van der Waals surface area contributed by atoms with E-state index in [4.69, 9.17) is 9.47 Å². The largest absolute Gasteiger partial charge is 0.493 e. The Kier molecular flexibility index (Phi) is 9.35. The average molecular weight is 642 g/mol. The number of anilines is 2. The number of carbonyl (C=O) groups excluding carboxylic acids is 1. The van der Waals surface area contributed by atoms with Crippen LogP contribution in [-0.2, 0) is 21.4 Å². The normalized spacial score (nSPS) is 11.3. The second-order valence-corrected chi connectivity index (χ2v) is 11.4. The van der Waals surface area contributed by atoms with Gasteiger partial charge in [-0.25, -0.2) is 27.5 Å². The summed E-state index contributed by atoms with van der Waals surface area (Å²) in [6, 6.07) is 17.2. The van der Waals surface area contributed by atoms with Gasteiger partial charge in [-0.2, -0.15) is 0 Å². The highest BCUT2D eigenvalue weighted by Crippen LogP contribution is 2.37. The molecule has 0 radical (unpaired) electrons. The van der Waals surface area contributed by atoms with Gasteiger partial charge in [0.15, 0.2) is 11.5 Å². The van der Waals surface area contributed by atoms with Crippen LogP contribution in [0.4, 0.5) is 16.0 Å². The second-order valence-electron chi connectivity index (χ2n) is 8.84. The second kappa shape index (κ2) is 12.9. The maximum atomic E-state index is 13.9. The van der Waals surface area contributed by atoms with Crippen LogP contribution in [0.15, 0.2) is 82.2 Å². The molecule has 0 aliphatic rings. The van der Waals surface area contributed by atoms with Gasteiger partial charge in [-0.3, -0.25) is 4.79 Å². The Bertz CT molecular complexity index is 1690. The van der Waals surface area contributed by atoms with Crippen LogP contribution in [0, 0.1) is 19.7 Å². The number of rotatable bonds is 10. The monoisotopic (exact) mass is 640 g/mol. The van der Waals surface area contributed by atoms with Crippen LogP contribution >= 0.6 is 15.9 Å². The van der Waals surface area contributed by atoms with Crippen molar-refractivity contribution in [3.63, 3.8) is 0 Å². The van der Waals surface area contributed by atoms with Crippen LogP contribution in [0.2, 0.25) is 0 Å². The third-order valence-electron chi connectivity index (χ3n) is 5.65. The molecule has 0 spiro atoms. The van der Waals surface area contributed by atoms with E-state index in [1.54, 1.807) is 56.3 Å². The summed E-state index contributed by atoms with van der Waals surface area (Å²) >= 11 is 3.45. The first-order valence-corrected chi connectivity index (χ1v) is 14.5. The first-order chi connectivity index (χ1) is 19.5. The molecule has 1 heterocycles. The van der Waals surface area contributed by atoms with Crippen molar-refractivity contribution < 1.29 is 27.1 Å². The van der Waals surface area contributed by atoms with Crippen molar-refractivity contribution in [2.75, 3.05) is 17.1 Å². The number of aryl methyl sites for hydroxylation is 2. The fourth-order valence-electron chi connectivity index (χ4n) is 3.77. The zero-order valence-electron chi connectivity index (χ0n) is 22.3. The fraction of sp³-hybridized carbons (Fsp3) is 0.138. The Morgan fingerprint density at radius 3 is 2.37 bits per heavy atom. The molecule has 0 aliphatic heterocycles. The smallest absolute Gasteiger partial charge is 0.264 e. The molecular formula is C29H26BrFN4O5S. The lowest BCUT2D eigenvalue weighted by Gasteiger charge is -2.14. The Balaban J connectivity index is 1.40. The number of nitrogens with zero attached hydrogens (tertiary/aromatic N) is 2. The van der Waals surface area contributed by atoms with Crippen molar-refractivity contribution in [2.24, 2.45) is 0 Å². The molecule has 4 aromatic rings. The number of hydrogen-bond donors (Lipinski definition) is 2. The molecule has 12 heteroatoms.